The lowest BCUT2D eigenvalue weighted by molar-refractivity contribution is 0.405. The second-order valence-electron chi connectivity index (χ2n) is 5.51. The fraction of sp³-hybridized carbons (Fsp3) is 0.389. The summed E-state index contributed by atoms with van der Waals surface area (Å²) in [5.74, 6) is 3.32. The van der Waals surface area contributed by atoms with E-state index in [-0.39, 0.29) is 24.0 Å². The Balaban J connectivity index is 0.00000312. The van der Waals surface area contributed by atoms with Crippen LogP contribution in [0.4, 0.5) is 0 Å². The zero-order chi connectivity index (χ0) is 17.2. The molecule has 4 nitrogen and oxygen atoms in total. The van der Waals surface area contributed by atoms with Crippen LogP contribution in [0, 0.1) is 5.92 Å². The Morgan fingerprint density at radius 2 is 2.08 bits per heavy atom. The van der Waals surface area contributed by atoms with Gasteiger partial charge in [0, 0.05) is 30.8 Å². The van der Waals surface area contributed by atoms with Crippen molar-refractivity contribution in [2.24, 2.45) is 10.9 Å². The molecule has 1 unspecified atom stereocenters. The molecule has 138 valence electrons. The maximum Gasteiger partial charge on any atom is 0.191 e. The second kappa shape index (κ2) is 12.4. The summed E-state index contributed by atoms with van der Waals surface area (Å²) >= 11 is 3.54. The number of ether oxygens (including phenoxy) is 1. The molecule has 0 aliphatic rings. The van der Waals surface area contributed by atoms with Gasteiger partial charge in [0.05, 0.1) is 7.11 Å². The highest BCUT2D eigenvalue weighted by Crippen LogP contribution is 2.29. The number of para-hydroxylation sites is 1. The molecule has 0 radical (unpaired) electrons. The fourth-order valence-corrected chi connectivity index (χ4v) is 3.82. The Bertz CT molecular complexity index is 635. The van der Waals surface area contributed by atoms with E-state index in [0.29, 0.717) is 5.92 Å². The molecule has 1 atom stereocenters. The lowest BCUT2D eigenvalue weighted by atomic mass is 10.2. The average molecular weight is 491 g/mol. The van der Waals surface area contributed by atoms with E-state index >= 15 is 0 Å². The van der Waals surface area contributed by atoms with Crippen LogP contribution in [0.25, 0.3) is 0 Å². The summed E-state index contributed by atoms with van der Waals surface area (Å²) < 4.78 is 5.40. The van der Waals surface area contributed by atoms with E-state index in [2.05, 4.69) is 45.4 Å². The highest BCUT2D eigenvalue weighted by Gasteiger charge is 2.08. The number of hydrogen-bond donors (Lipinski definition) is 2. The highest BCUT2D eigenvalue weighted by atomic mass is 127. The van der Waals surface area contributed by atoms with Gasteiger partial charge < -0.3 is 15.4 Å². The number of guanidine groups is 1. The SMILES string of the molecule is CN=C(NCc1ccsc1)NCC(C)CSc1ccccc1OC.I. The van der Waals surface area contributed by atoms with Crippen LogP contribution in [0.1, 0.15) is 12.5 Å². The van der Waals surface area contributed by atoms with E-state index in [1.165, 1.54) is 10.5 Å². The van der Waals surface area contributed by atoms with Gasteiger partial charge in [-0.3, -0.25) is 4.99 Å². The summed E-state index contributed by atoms with van der Waals surface area (Å²) in [5, 5.41) is 11.0. The first-order valence-corrected chi connectivity index (χ1v) is 9.87. The van der Waals surface area contributed by atoms with Gasteiger partial charge in [-0.05, 0) is 40.4 Å². The predicted molar refractivity (Wildman–Crippen MR) is 121 cm³/mol. The molecule has 0 aliphatic carbocycles. The standard InChI is InChI=1S/C18H25N3OS2.HI/c1-14(12-24-17-7-5-4-6-16(17)22-3)10-20-18(19-2)21-11-15-8-9-23-13-15;/h4-9,13-14H,10-12H2,1-3H3,(H2,19,20,21);1H. The van der Waals surface area contributed by atoms with Gasteiger partial charge in [-0.15, -0.1) is 35.7 Å². The number of thioether (sulfide) groups is 1. The van der Waals surface area contributed by atoms with Gasteiger partial charge in [-0.25, -0.2) is 0 Å². The summed E-state index contributed by atoms with van der Waals surface area (Å²) in [6.07, 6.45) is 0. The van der Waals surface area contributed by atoms with Gasteiger partial charge in [-0.1, -0.05) is 19.1 Å². The summed E-state index contributed by atoms with van der Waals surface area (Å²) in [4.78, 5) is 5.46. The molecule has 1 aromatic heterocycles. The number of aliphatic imine (C=N–C) groups is 1. The van der Waals surface area contributed by atoms with Crippen LogP contribution in [0.15, 0.2) is 51.0 Å². The predicted octanol–water partition coefficient (Wildman–Crippen LogP) is 4.47. The molecule has 25 heavy (non-hydrogen) atoms. The molecule has 0 spiro atoms. The van der Waals surface area contributed by atoms with Gasteiger partial charge in [-0.2, -0.15) is 11.3 Å². The number of halogens is 1. The molecule has 2 aromatic rings. The van der Waals surface area contributed by atoms with Crippen LogP contribution in [-0.2, 0) is 6.54 Å². The number of rotatable bonds is 8. The molecule has 1 aromatic carbocycles. The third kappa shape index (κ3) is 7.87. The Morgan fingerprint density at radius 1 is 1.28 bits per heavy atom. The van der Waals surface area contributed by atoms with Crippen molar-refractivity contribution in [3.63, 3.8) is 0 Å². The number of methoxy groups -OCH3 is 1. The lowest BCUT2D eigenvalue weighted by Gasteiger charge is -2.16. The Labute approximate surface area is 175 Å². The fourth-order valence-electron chi connectivity index (χ4n) is 2.10. The Hall–Kier alpha value is -0.930. The van der Waals surface area contributed by atoms with Crippen molar-refractivity contribution in [2.45, 2.75) is 18.4 Å². The van der Waals surface area contributed by atoms with Crippen LogP contribution in [-0.4, -0.2) is 32.4 Å². The maximum absolute atomic E-state index is 5.40. The maximum atomic E-state index is 5.40. The second-order valence-corrected chi connectivity index (χ2v) is 7.35. The first-order chi connectivity index (χ1) is 11.7. The van der Waals surface area contributed by atoms with Crippen molar-refractivity contribution in [1.29, 1.82) is 0 Å². The third-order valence-corrected chi connectivity index (χ3v) is 5.59. The van der Waals surface area contributed by atoms with Crippen LogP contribution < -0.4 is 15.4 Å². The quantitative estimate of drug-likeness (QED) is 0.248. The number of hydrogen-bond acceptors (Lipinski definition) is 4. The van der Waals surface area contributed by atoms with Gasteiger partial charge in [0.15, 0.2) is 5.96 Å². The molecular formula is C18H26IN3OS2. The number of nitrogens with zero attached hydrogens (tertiary/aromatic N) is 1. The molecule has 2 rings (SSSR count). The normalized spacial score (nSPS) is 12.2. The van der Waals surface area contributed by atoms with Gasteiger partial charge in [0.1, 0.15) is 5.75 Å². The molecule has 0 amide bonds. The molecule has 0 saturated heterocycles. The summed E-state index contributed by atoms with van der Waals surface area (Å²) in [6, 6.07) is 10.3. The summed E-state index contributed by atoms with van der Waals surface area (Å²) in [7, 11) is 3.52. The first kappa shape index (κ1) is 22.1. The Kier molecular flexibility index (Phi) is 11.0. The van der Waals surface area contributed by atoms with Crippen LogP contribution in [0.3, 0.4) is 0 Å². The highest BCUT2D eigenvalue weighted by molar-refractivity contribution is 14.0. The van der Waals surface area contributed by atoms with E-state index in [1.54, 1.807) is 25.5 Å². The largest absolute Gasteiger partial charge is 0.496 e. The molecule has 2 N–H and O–H groups in total. The molecule has 0 bridgehead atoms. The van der Waals surface area contributed by atoms with Crippen molar-refractivity contribution in [3.05, 3.63) is 46.7 Å². The minimum atomic E-state index is 0. The van der Waals surface area contributed by atoms with Gasteiger partial charge in [0.2, 0.25) is 0 Å². The van der Waals surface area contributed by atoms with E-state index in [9.17, 15) is 0 Å². The molecule has 0 fully saturated rings. The zero-order valence-corrected chi connectivity index (χ0v) is 18.8. The molecule has 7 heteroatoms. The zero-order valence-electron chi connectivity index (χ0n) is 14.8. The van der Waals surface area contributed by atoms with Crippen LogP contribution in [0.5, 0.6) is 5.75 Å². The van der Waals surface area contributed by atoms with E-state index < -0.39 is 0 Å². The van der Waals surface area contributed by atoms with E-state index in [1.807, 2.05) is 30.0 Å². The minimum absolute atomic E-state index is 0. The molecule has 1 heterocycles. The van der Waals surface area contributed by atoms with Crippen molar-refractivity contribution < 1.29 is 4.74 Å². The molecular weight excluding hydrogens is 465 g/mol. The molecule has 0 saturated carbocycles. The number of nitrogens with one attached hydrogen (secondary N) is 2. The minimum Gasteiger partial charge on any atom is -0.496 e. The number of benzene rings is 1. The average Bonchev–Trinajstić information content (AvgIpc) is 3.13. The first-order valence-electron chi connectivity index (χ1n) is 7.94. The van der Waals surface area contributed by atoms with Gasteiger partial charge in [0.25, 0.3) is 0 Å². The lowest BCUT2D eigenvalue weighted by Crippen LogP contribution is -2.39. The van der Waals surface area contributed by atoms with E-state index in [4.69, 9.17) is 4.74 Å². The van der Waals surface area contributed by atoms with Crippen LogP contribution >= 0.6 is 47.1 Å². The van der Waals surface area contributed by atoms with Crippen molar-refractivity contribution in [2.75, 3.05) is 26.5 Å². The smallest absolute Gasteiger partial charge is 0.191 e. The van der Waals surface area contributed by atoms with E-state index in [0.717, 1.165) is 30.6 Å². The van der Waals surface area contributed by atoms with Crippen molar-refractivity contribution >= 4 is 53.0 Å². The summed E-state index contributed by atoms with van der Waals surface area (Å²) in [6.45, 7) is 3.92. The topological polar surface area (TPSA) is 45.7 Å². The summed E-state index contributed by atoms with van der Waals surface area (Å²) in [5.41, 5.74) is 1.28. The Morgan fingerprint density at radius 3 is 2.76 bits per heavy atom. The number of thiophene rings is 1. The van der Waals surface area contributed by atoms with Crippen LogP contribution in [0.2, 0.25) is 0 Å². The third-order valence-electron chi connectivity index (χ3n) is 3.47. The monoisotopic (exact) mass is 491 g/mol. The molecule has 0 aliphatic heterocycles. The van der Waals surface area contributed by atoms with Gasteiger partial charge >= 0.3 is 0 Å². The van der Waals surface area contributed by atoms with Crippen molar-refractivity contribution in [3.8, 4) is 5.75 Å². The van der Waals surface area contributed by atoms with Crippen molar-refractivity contribution in [1.82, 2.24) is 10.6 Å².